The van der Waals surface area contributed by atoms with Gasteiger partial charge in [-0.2, -0.15) is 0 Å². The predicted molar refractivity (Wildman–Crippen MR) is 61.0 cm³/mol. The Hall–Kier alpha value is -0.240. The summed E-state index contributed by atoms with van der Waals surface area (Å²) in [4.78, 5) is 0. The quantitative estimate of drug-likeness (QED) is 0.783. The summed E-state index contributed by atoms with van der Waals surface area (Å²) < 4.78 is 0. The predicted octanol–water partition coefficient (Wildman–Crippen LogP) is 3.59. The molecule has 1 unspecified atom stereocenters. The highest BCUT2D eigenvalue weighted by Gasteiger charge is 2.23. The van der Waals surface area contributed by atoms with E-state index in [0.29, 0.717) is 22.0 Å². The Morgan fingerprint density at radius 3 is 2.50 bits per heavy atom. The fraction of sp³-hybridized carbons (Fsp3) is 0.455. The zero-order chi connectivity index (χ0) is 10.1. The number of halogens is 2. The molecule has 0 radical (unpaired) electrons. The van der Waals surface area contributed by atoms with Crippen molar-refractivity contribution < 1.29 is 0 Å². The normalized spacial score (nSPS) is 26.8. The van der Waals surface area contributed by atoms with E-state index in [2.05, 4.69) is 6.07 Å². The minimum absolute atomic E-state index is 0.356. The highest BCUT2D eigenvalue weighted by Crippen LogP contribution is 2.35. The molecule has 0 amide bonds. The van der Waals surface area contributed by atoms with Gasteiger partial charge in [0, 0.05) is 6.04 Å². The Morgan fingerprint density at radius 2 is 1.93 bits per heavy atom. The van der Waals surface area contributed by atoms with Gasteiger partial charge in [0.25, 0.3) is 0 Å². The van der Waals surface area contributed by atoms with Crippen LogP contribution in [-0.4, -0.2) is 6.04 Å². The zero-order valence-electron chi connectivity index (χ0n) is 7.84. The average molecular weight is 230 g/mol. The molecule has 0 aromatic heterocycles. The molecule has 0 spiro atoms. The van der Waals surface area contributed by atoms with E-state index < -0.39 is 0 Å². The summed E-state index contributed by atoms with van der Waals surface area (Å²) >= 11 is 11.8. The van der Waals surface area contributed by atoms with Crippen molar-refractivity contribution >= 4 is 23.2 Å². The molecule has 3 heteroatoms. The van der Waals surface area contributed by atoms with E-state index in [9.17, 15) is 0 Å². The monoisotopic (exact) mass is 229 g/mol. The van der Waals surface area contributed by atoms with Crippen LogP contribution < -0.4 is 5.73 Å². The Labute approximate surface area is 94.2 Å². The summed E-state index contributed by atoms with van der Waals surface area (Å²) in [5, 5.41) is 1.27. The van der Waals surface area contributed by atoms with Crippen LogP contribution in [0, 0.1) is 0 Å². The van der Waals surface area contributed by atoms with E-state index in [1.165, 1.54) is 12.0 Å². The number of benzene rings is 1. The third-order valence-electron chi connectivity index (χ3n) is 2.89. The first-order valence-corrected chi connectivity index (χ1v) is 5.63. The summed E-state index contributed by atoms with van der Waals surface area (Å²) in [5.74, 6) is 0.569. The standard InChI is InChI=1S/C11H13Cl2N/c12-10-4-2-8(6-11(10)13)7-1-3-9(14)5-7/h2,4,6-7,9H,1,3,5,14H2/t7-,9?/m0/s1. The van der Waals surface area contributed by atoms with Gasteiger partial charge in [0.1, 0.15) is 0 Å². The summed E-state index contributed by atoms with van der Waals surface area (Å²) in [5.41, 5.74) is 7.14. The second-order valence-electron chi connectivity index (χ2n) is 3.94. The first-order chi connectivity index (χ1) is 6.66. The van der Waals surface area contributed by atoms with Crippen molar-refractivity contribution in [3.63, 3.8) is 0 Å². The van der Waals surface area contributed by atoms with Gasteiger partial charge in [-0.15, -0.1) is 0 Å². The Morgan fingerprint density at radius 1 is 1.14 bits per heavy atom. The summed E-state index contributed by atoms with van der Waals surface area (Å²) in [6.07, 6.45) is 3.35. The van der Waals surface area contributed by atoms with Crippen LogP contribution in [0.3, 0.4) is 0 Å². The van der Waals surface area contributed by atoms with E-state index in [-0.39, 0.29) is 0 Å². The topological polar surface area (TPSA) is 26.0 Å². The first kappa shape index (κ1) is 10.3. The maximum atomic E-state index is 5.97. The fourth-order valence-electron chi connectivity index (χ4n) is 2.09. The average Bonchev–Trinajstić information content (AvgIpc) is 2.57. The molecule has 1 saturated carbocycles. The van der Waals surface area contributed by atoms with E-state index in [1.807, 2.05) is 12.1 Å². The molecule has 76 valence electrons. The van der Waals surface area contributed by atoms with Gasteiger partial charge in [-0.05, 0) is 42.9 Å². The molecular weight excluding hydrogens is 217 g/mol. The third-order valence-corrected chi connectivity index (χ3v) is 3.63. The Bertz CT molecular complexity index is 338. The minimum atomic E-state index is 0.356. The summed E-state index contributed by atoms with van der Waals surface area (Å²) in [6.45, 7) is 0. The van der Waals surface area contributed by atoms with E-state index in [4.69, 9.17) is 28.9 Å². The van der Waals surface area contributed by atoms with Crippen LogP contribution >= 0.6 is 23.2 Å². The number of rotatable bonds is 1. The van der Waals surface area contributed by atoms with Crippen molar-refractivity contribution in [1.29, 1.82) is 0 Å². The van der Waals surface area contributed by atoms with Crippen LogP contribution in [0.2, 0.25) is 10.0 Å². The molecule has 1 aromatic carbocycles. The van der Waals surface area contributed by atoms with E-state index in [0.717, 1.165) is 12.8 Å². The molecule has 1 fully saturated rings. The summed E-state index contributed by atoms with van der Waals surface area (Å²) in [6, 6.07) is 6.24. The first-order valence-electron chi connectivity index (χ1n) is 4.87. The van der Waals surface area contributed by atoms with Gasteiger partial charge in [-0.1, -0.05) is 29.3 Å². The molecule has 1 aliphatic rings. The molecular formula is C11H13Cl2N. The number of nitrogens with two attached hydrogens (primary N) is 1. The lowest BCUT2D eigenvalue weighted by molar-refractivity contribution is 0.675. The Balaban J connectivity index is 2.20. The van der Waals surface area contributed by atoms with Gasteiger partial charge in [0.05, 0.1) is 10.0 Å². The molecule has 1 nitrogen and oxygen atoms in total. The maximum Gasteiger partial charge on any atom is 0.0595 e. The van der Waals surface area contributed by atoms with Crippen molar-refractivity contribution in [2.45, 2.75) is 31.2 Å². The zero-order valence-corrected chi connectivity index (χ0v) is 9.35. The highest BCUT2D eigenvalue weighted by molar-refractivity contribution is 6.42. The smallest absolute Gasteiger partial charge is 0.0595 e. The molecule has 2 atom stereocenters. The minimum Gasteiger partial charge on any atom is -0.328 e. The number of hydrogen-bond donors (Lipinski definition) is 1. The Kier molecular flexibility index (Phi) is 3.01. The van der Waals surface area contributed by atoms with Gasteiger partial charge in [-0.25, -0.2) is 0 Å². The molecule has 2 N–H and O–H groups in total. The maximum absolute atomic E-state index is 5.97. The fourth-order valence-corrected chi connectivity index (χ4v) is 2.39. The van der Waals surface area contributed by atoms with Crippen molar-refractivity contribution in [3.8, 4) is 0 Å². The third kappa shape index (κ3) is 2.05. The molecule has 0 bridgehead atoms. The van der Waals surface area contributed by atoms with Crippen LogP contribution in [0.4, 0.5) is 0 Å². The van der Waals surface area contributed by atoms with Gasteiger partial charge < -0.3 is 5.73 Å². The second kappa shape index (κ2) is 4.09. The lowest BCUT2D eigenvalue weighted by Crippen LogP contribution is -2.14. The van der Waals surface area contributed by atoms with Gasteiger partial charge in [0.15, 0.2) is 0 Å². The number of hydrogen-bond acceptors (Lipinski definition) is 1. The molecule has 1 aromatic rings. The van der Waals surface area contributed by atoms with E-state index in [1.54, 1.807) is 0 Å². The van der Waals surface area contributed by atoms with Crippen molar-refractivity contribution in [1.82, 2.24) is 0 Å². The lowest BCUT2D eigenvalue weighted by Gasteiger charge is -2.10. The largest absolute Gasteiger partial charge is 0.328 e. The van der Waals surface area contributed by atoms with Gasteiger partial charge in [-0.3, -0.25) is 0 Å². The van der Waals surface area contributed by atoms with Crippen molar-refractivity contribution in [3.05, 3.63) is 33.8 Å². The second-order valence-corrected chi connectivity index (χ2v) is 4.76. The molecule has 0 aliphatic heterocycles. The van der Waals surface area contributed by atoms with Crippen molar-refractivity contribution in [2.24, 2.45) is 5.73 Å². The van der Waals surface area contributed by atoms with Crippen LogP contribution in [0.15, 0.2) is 18.2 Å². The molecule has 1 aliphatic carbocycles. The van der Waals surface area contributed by atoms with Crippen LogP contribution in [-0.2, 0) is 0 Å². The SMILES string of the molecule is NC1CC[C@H](c2ccc(Cl)c(Cl)c2)C1. The molecule has 14 heavy (non-hydrogen) atoms. The highest BCUT2D eigenvalue weighted by atomic mass is 35.5. The summed E-state index contributed by atoms with van der Waals surface area (Å²) in [7, 11) is 0. The molecule has 0 heterocycles. The van der Waals surface area contributed by atoms with Crippen LogP contribution in [0.1, 0.15) is 30.7 Å². The van der Waals surface area contributed by atoms with Crippen LogP contribution in [0.5, 0.6) is 0 Å². The lowest BCUT2D eigenvalue weighted by atomic mass is 9.98. The van der Waals surface area contributed by atoms with E-state index >= 15 is 0 Å². The van der Waals surface area contributed by atoms with Crippen LogP contribution in [0.25, 0.3) is 0 Å². The molecule has 0 saturated heterocycles. The van der Waals surface area contributed by atoms with Gasteiger partial charge in [0.2, 0.25) is 0 Å². The molecule has 2 rings (SSSR count). The van der Waals surface area contributed by atoms with Gasteiger partial charge >= 0.3 is 0 Å². The van der Waals surface area contributed by atoms with Crippen molar-refractivity contribution in [2.75, 3.05) is 0 Å².